The van der Waals surface area contributed by atoms with Gasteiger partial charge in [-0.1, -0.05) is 70.9 Å². The summed E-state index contributed by atoms with van der Waals surface area (Å²) in [7, 11) is 0. The van der Waals surface area contributed by atoms with E-state index in [1.165, 1.54) is 13.8 Å². The molecular formula is C55H96N16O13. The highest BCUT2D eigenvalue weighted by Gasteiger charge is 2.37. The lowest BCUT2D eigenvalue weighted by Gasteiger charge is -2.29. The molecule has 474 valence electrons. The minimum absolute atomic E-state index is 0.0181. The molecule has 1 saturated heterocycles. The fourth-order valence-electron chi connectivity index (χ4n) is 8.98. The predicted octanol–water partition coefficient (Wildman–Crippen LogP) is -5.63. The van der Waals surface area contributed by atoms with Crippen LogP contribution in [-0.4, -0.2) is 187 Å². The van der Waals surface area contributed by atoms with Gasteiger partial charge in [0.25, 0.3) is 0 Å². The van der Waals surface area contributed by atoms with E-state index < -0.39 is 151 Å². The van der Waals surface area contributed by atoms with Crippen molar-refractivity contribution in [1.29, 1.82) is 0 Å². The van der Waals surface area contributed by atoms with Crippen LogP contribution < -0.4 is 87.2 Å². The largest absolute Gasteiger partial charge is 0.391 e. The summed E-state index contributed by atoms with van der Waals surface area (Å²) >= 11 is 0. The van der Waals surface area contributed by atoms with Gasteiger partial charge in [-0.15, -0.1) is 0 Å². The maximum atomic E-state index is 14.5. The Kier molecular flexibility index (Phi) is 33.9. The molecule has 0 saturated carbocycles. The van der Waals surface area contributed by atoms with E-state index in [9.17, 15) is 63.0 Å². The second kappa shape index (κ2) is 38.9. The lowest BCUT2D eigenvalue weighted by molar-refractivity contribution is -0.137. The molecule has 29 nitrogen and oxygen atoms in total. The Hall–Kier alpha value is -6.89. The summed E-state index contributed by atoms with van der Waals surface area (Å²) in [6.45, 7) is 8.92. The van der Waals surface area contributed by atoms with E-state index in [1.54, 1.807) is 44.2 Å². The average molecular weight is 1190 g/mol. The molecule has 2 rings (SSSR count). The second-order valence-electron chi connectivity index (χ2n) is 21.9. The van der Waals surface area contributed by atoms with Crippen LogP contribution in [-0.2, 0) is 59.2 Å². The second-order valence-corrected chi connectivity index (χ2v) is 21.9. The summed E-state index contributed by atoms with van der Waals surface area (Å²) in [4.78, 5) is 154. The smallest absolute Gasteiger partial charge is 0.245 e. The fraction of sp³-hybridized carbons (Fsp3) is 0.691. The zero-order chi connectivity index (χ0) is 63.1. The molecule has 2 unspecified atom stereocenters. The van der Waals surface area contributed by atoms with Gasteiger partial charge >= 0.3 is 0 Å². The Labute approximate surface area is 491 Å². The van der Waals surface area contributed by atoms with Crippen LogP contribution in [0.15, 0.2) is 30.3 Å². The maximum absolute atomic E-state index is 14.5. The minimum atomic E-state index is -1.70. The molecule has 12 atom stereocenters. The Bertz CT molecular complexity index is 2290. The number of hydrogen-bond donors (Lipinski definition) is 18. The number of nitrogens with one attached hydrogen (secondary N) is 11. The predicted molar refractivity (Wildman–Crippen MR) is 312 cm³/mol. The molecule has 0 bridgehead atoms. The van der Waals surface area contributed by atoms with Gasteiger partial charge in [-0.05, 0) is 115 Å². The Morgan fingerprint density at radius 2 is 1.02 bits per heavy atom. The molecule has 0 spiro atoms. The minimum Gasteiger partial charge on any atom is -0.391 e. The monoisotopic (exact) mass is 1190 g/mol. The molecule has 1 aliphatic rings. The highest BCUT2D eigenvalue weighted by Crippen LogP contribution is 2.12. The molecule has 84 heavy (non-hydrogen) atoms. The molecule has 0 aromatic heterocycles. The van der Waals surface area contributed by atoms with Crippen LogP contribution in [0.4, 0.5) is 0 Å². The van der Waals surface area contributed by atoms with E-state index in [2.05, 4.69) is 72.3 Å². The lowest BCUT2D eigenvalue weighted by atomic mass is 10.00. The van der Waals surface area contributed by atoms with Gasteiger partial charge in [-0.25, -0.2) is 0 Å². The third-order valence-corrected chi connectivity index (χ3v) is 13.6. The highest BCUT2D eigenvalue weighted by atomic mass is 16.3. The molecule has 1 aromatic rings. The number of aliphatic hydroxyl groups is 2. The molecule has 0 aliphatic carbocycles. The number of benzene rings is 1. The van der Waals surface area contributed by atoms with Gasteiger partial charge in [0, 0.05) is 19.4 Å². The molecular weight excluding hydrogens is 1090 g/mol. The van der Waals surface area contributed by atoms with E-state index in [-0.39, 0.29) is 90.0 Å². The van der Waals surface area contributed by atoms with Gasteiger partial charge in [-0.2, -0.15) is 0 Å². The number of carbonyl (C=O) groups excluding carboxylic acids is 11. The molecule has 11 amide bonds. The zero-order valence-electron chi connectivity index (χ0n) is 49.5. The van der Waals surface area contributed by atoms with E-state index in [1.807, 2.05) is 0 Å². The normalized spacial score (nSPS) is 22.7. The highest BCUT2D eigenvalue weighted by molar-refractivity contribution is 5.99. The first kappa shape index (κ1) is 73.2. The van der Waals surface area contributed by atoms with Crippen LogP contribution in [0.1, 0.15) is 118 Å². The quantitative estimate of drug-likeness (QED) is 0.0348. The Morgan fingerprint density at radius 1 is 0.536 bits per heavy atom. The van der Waals surface area contributed by atoms with Gasteiger partial charge in [0.2, 0.25) is 65.0 Å². The van der Waals surface area contributed by atoms with E-state index in [0.29, 0.717) is 17.9 Å². The van der Waals surface area contributed by atoms with Gasteiger partial charge in [0.15, 0.2) is 0 Å². The summed E-state index contributed by atoms with van der Waals surface area (Å²) in [5, 5.41) is 49.6. The summed E-state index contributed by atoms with van der Waals surface area (Å²) in [5.74, 6) is -9.52. The number of hydrogen-bond acceptors (Lipinski definition) is 18. The fourth-order valence-corrected chi connectivity index (χ4v) is 8.98. The number of rotatable bonds is 28. The van der Waals surface area contributed by atoms with Crippen LogP contribution in [0.3, 0.4) is 0 Å². The number of carbonyl (C=O) groups is 11. The third kappa shape index (κ3) is 26.4. The summed E-state index contributed by atoms with van der Waals surface area (Å²) in [5.41, 5.74) is 29.9. The van der Waals surface area contributed by atoms with Crippen LogP contribution in [0.25, 0.3) is 0 Å². The van der Waals surface area contributed by atoms with Crippen LogP contribution in [0.5, 0.6) is 0 Å². The molecule has 1 aromatic carbocycles. The summed E-state index contributed by atoms with van der Waals surface area (Å²) < 4.78 is 0. The Balaban J connectivity index is 2.69. The van der Waals surface area contributed by atoms with Crippen LogP contribution in [0, 0.1) is 11.8 Å². The number of amides is 11. The first-order chi connectivity index (χ1) is 39.8. The average Bonchev–Trinajstić information content (AvgIpc) is 3.63. The Morgan fingerprint density at radius 3 is 1.52 bits per heavy atom. The van der Waals surface area contributed by atoms with E-state index >= 15 is 0 Å². The van der Waals surface area contributed by atoms with Crippen molar-refractivity contribution >= 4 is 65.0 Å². The lowest BCUT2D eigenvalue weighted by Crippen LogP contribution is -2.62. The molecule has 1 fully saturated rings. The van der Waals surface area contributed by atoms with Crippen molar-refractivity contribution in [3.8, 4) is 0 Å². The van der Waals surface area contributed by atoms with Crippen molar-refractivity contribution in [2.24, 2.45) is 40.5 Å². The SMILES string of the molecule is CC(C)CCCCC(=O)N[C@@H](CCN)C(=O)N[C@H](C(=O)N[C@@H](CCN)C(=O)NC1CCNC(=O)[C@H]([C@@H](C)O)NC(=O)C(CCN)NC(=O)[C@H](CCN)NC(=O)[C@H](CC(C)C)NC(=O)[C@@H](Cc2ccccc2)NC(=O)[C@H](CCN)NC1=O)[C@@H](C)O. The standard InChI is InChI=1S/C55H96N16O13/c1-30(2)12-10-11-15-43(74)62-35(16-22-56)50(79)71-45(33(6)73)55(84)67-38(19-25-59)47(76)66-40-21-27-61-54(83)44(32(5)72)70-51(80)39(20-26-60)64-46(75)36(17-23-57)65-52(81)41(28-31(3)4)68-53(82)42(29-34-13-8-7-9-14-34)69-48(77)37(18-24-58)63-49(40)78/h7-9,13-14,30-33,35-42,44-45,72-73H,10-12,15-29,56-60H2,1-6H3,(H,61,83)(H,62,74)(H,63,78)(H,64,75)(H,65,81)(H,66,76)(H,67,84)(H,68,82)(H,69,77)(H,70,80)(H,71,79)/t32-,33-,35+,36+,37+,38+,39?,40?,41+,42-,44+,45+/m1/s1. The van der Waals surface area contributed by atoms with E-state index in [4.69, 9.17) is 28.7 Å². The summed E-state index contributed by atoms with van der Waals surface area (Å²) in [6, 6.07) is -6.23. The number of aliphatic hydroxyl groups excluding tert-OH is 2. The van der Waals surface area contributed by atoms with Crippen molar-refractivity contribution < 1.29 is 63.0 Å². The van der Waals surface area contributed by atoms with Crippen molar-refractivity contribution in [3.05, 3.63) is 35.9 Å². The molecule has 0 radical (unpaired) electrons. The first-order valence-corrected chi connectivity index (χ1v) is 29.0. The van der Waals surface area contributed by atoms with Gasteiger partial charge in [0.05, 0.1) is 12.2 Å². The third-order valence-electron chi connectivity index (χ3n) is 13.6. The van der Waals surface area contributed by atoms with Crippen molar-refractivity contribution in [1.82, 2.24) is 58.5 Å². The summed E-state index contributed by atoms with van der Waals surface area (Å²) in [6.07, 6.45) is -2.10. The van der Waals surface area contributed by atoms with Crippen molar-refractivity contribution in [3.63, 3.8) is 0 Å². The van der Waals surface area contributed by atoms with Crippen LogP contribution >= 0.6 is 0 Å². The molecule has 1 heterocycles. The molecule has 23 N–H and O–H groups in total. The number of nitrogens with two attached hydrogens (primary N) is 5. The van der Waals surface area contributed by atoms with Gasteiger partial charge in [-0.3, -0.25) is 52.7 Å². The van der Waals surface area contributed by atoms with Gasteiger partial charge in [0.1, 0.15) is 60.4 Å². The van der Waals surface area contributed by atoms with Gasteiger partial charge < -0.3 is 97.4 Å². The molecule has 1 aliphatic heterocycles. The van der Waals surface area contributed by atoms with Crippen molar-refractivity contribution in [2.45, 2.75) is 191 Å². The molecule has 29 heteroatoms. The van der Waals surface area contributed by atoms with Crippen LogP contribution in [0.2, 0.25) is 0 Å². The zero-order valence-corrected chi connectivity index (χ0v) is 49.5. The maximum Gasteiger partial charge on any atom is 0.245 e. The van der Waals surface area contributed by atoms with E-state index in [0.717, 1.165) is 12.8 Å². The first-order valence-electron chi connectivity index (χ1n) is 29.0. The number of unbranched alkanes of at least 4 members (excludes halogenated alkanes) is 1. The topological polar surface area (TPSA) is 491 Å². The van der Waals surface area contributed by atoms with Crippen molar-refractivity contribution in [2.75, 3.05) is 39.3 Å².